The topological polar surface area (TPSA) is 173 Å². The summed E-state index contributed by atoms with van der Waals surface area (Å²) in [5.41, 5.74) is 0. The van der Waals surface area contributed by atoms with Gasteiger partial charge in [-0.15, -0.1) is 0 Å². The van der Waals surface area contributed by atoms with Crippen molar-refractivity contribution in [1.29, 1.82) is 0 Å². The number of phosphoric acid groups is 1. The summed E-state index contributed by atoms with van der Waals surface area (Å²) in [5.74, 6) is 0. The van der Waals surface area contributed by atoms with Gasteiger partial charge in [-0.25, -0.2) is 0 Å². The standard InChI is InChI=1S/C40H82O7.3Na.H3O4P/c1-3-5-7-9-11-13-15-17-19-21-23-25-27-39(37-45-35-33-43-31-29-41)47-40(38-46-36-34-44-32-30-42)28-26-24-22-20-18-16-14-12-10-8-6-4-2;;;;1-5(2,3)4/h39-42H,3-38H2,1-2H3;;;;(H3,1,2,3,4)/q;3*+1;/p-3. The van der Waals surface area contributed by atoms with Crippen LogP contribution in [0.3, 0.4) is 0 Å². The van der Waals surface area contributed by atoms with Crippen LogP contribution in [0.5, 0.6) is 0 Å². The van der Waals surface area contributed by atoms with Crippen molar-refractivity contribution < 1.29 is 142 Å². The minimum absolute atomic E-state index is 0. The largest absolute Gasteiger partial charge is 1.00 e. The summed E-state index contributed by atoms with van der Waals surface area (Å²) in [4.78, 5) is 25.6. The van der Waals surface area contributed by atoms with E-state index in [0.717, 1.165) is 25.7 Å². The SMILES string of the molecule is CCCCCCCCCCCCCCC(COCCOCCO)OC(CCCCCCCCCCCCCC)COCCOCCO.O=P([O-])([O-])[O-].[Na+].[Na+].[Na+]. The number of hydrogen-bond acceptors (Lipinski definition) is 11. The molecule has 55 heavy (non-hydrogen) atoms. The summed E-state index contributed by atoms with van der Waals surface area (Å²) in [6.45, 7) is 8.48. The Morgan fingerprint density at radius 1 is 0.418 bits per heavy atom. The van der Waals surface area contributed by atoms with Crippen LogP contribution in [0.25, 0.3) is 0 Å². The average Bonchev–Trinajstić information content (AvgIpc) is 3.11. The monoisotopic (exact) mass is 839 g/mol. The molecule has 316 valence electrons. The van der Waals surface area contributed by atoms with Gasteiger partial charge in [0.25, 0.3) is 0 Å². The van der Waals surface area contributed by atoms with Crippen LogP contribution in [0.1, 0.15) is 181 Å². The summed E-state index contributed by atoms with van der Waals surface area (Å²) in [6, 6.07) is 0. The second-order valence-corrected chi connectivity index (χ2v) is 14.9. The zero-order valence-electron chi connectivity index (χ0n) is 36.6. The second kappa shape index (κ2) is 56.8. The van der Waals surface area contributed by atoms with Crippen LogP contribution < -0.4 is 103 Å². The maximum absolute atomic E-state index is 8.95. The molecule has 0 heterocycles. The van der Waals surface area contributed by atoms with E-state index in [0.29, 0.717) is 52.9 Å². The Labute approximate surface area is 404 Å². The van der Waals surface area contributed by atoms with Crippen molar-refractivity contribution in [3.8, 4) is 0 Å². The molecular formula is C40H82Na3O11P. The molecule has 0 bridgehead atoms. The van der Waals surface area contributed by atoms with Crippen molar-refractivity contribution in [1.82, 2.24) is 0 Å². The third-order valence-electron chi connectivity index (χ3n) is 8.97. The summed E-state index contributed by atoms with van der Waals surface area (Å²) in [5, 5.41) is 17.9. The number of aliphatic hydroxyl groups excluding tert-OH is 2. The molecule has 15 heteroatoms. The molecule has 0 saturated heterocycles. The molecule has 11 nitrogen and oxygen atoms in total. The van der Waals surface area contributed by atoms with Gasteiger partial charge in [0.2, 0.25) is 0 Å². The molecule has 2 N–H and O–H groups in total. The van der Waals surface area contributed by atoms with Crippen molar-refractivity contribution in [3.63, 3.8) is 0 Å². The molecule has 0 saturated carbocycles. The fourth-order valence-electron chi connectivity index (χ4n) is 6.08. The van der Waals surface area contributed by atoms with E-state index in [4.69, 9.17) is 53.1 Å². The first kappa shape index (κ1) is 66.9. The van der Waals surface area contributed by atoms with E-state index in [-0.39, 0.29) is 114 Å². The van der Waals surface area contributed by atoms with Gasteiger partial charge in [0.15, 0.2) is 0 Å². The zero-order valence-corrected chi connectivity index (χ0v) is 43.5. The Morgan fingerprint density at radius 3 is 0.909 bits per heavy atom. The second-order valence-electron chi connectivity index (χ2n) is 14.0. The van der Waals surface area contributed by atoms with Crippen LogP contribution in [-0.4, -0.2) is 88.5 Å². The quantitative estimate of drug-likeness (QED) is 0.0403. The molecule has 0 aliphatic heterocycles. The fraction of sp³-hybridized carbons (Fsp3) is 1.00. The van der Waals surface area contributed by atoms with Crippen molar-refractivity contribution >= 4 is 7.82 Å². The normalized spacial score (nSPS) is 12.2. The third-order valence-corrected chi connectivity index (χ3v) is 8.97. The van der Waals surface area contributed by atoms with Gasteiger partial charge in [0.1, 0.15) is 0 Å². The third kappa shape index (κ3) is 66.1. The molecule has 0 aromatic carbocycles. The van der Waals surface area contributed by atoms with Crippen LogP contribution in [0.4, 0.5) is 0 Å². The Balaban J connectivity index is -0.000000972. The van der Waals surface area contributed by atoms with Gasteiger partial charge < -0.3 is 53.1 Å². The van der Waals surface area contributed by atoms with Gasteiger partial charge in [-0.2, -0.15) is 7.82 Å². The van der Waals surface area contributed by atoms with E-state index < -0.39 is 7.82 Å². The summed E-state index contributed by atoms with van der Waals surface area (Å²) < 4.78 is 37.9. The van der Waals surface area contributed by atoms with Crippen LogP contribution in [0.15, 0.2) is 0 Å². The van der Waals surface area contributed by atoms with Crippen molar-refractivity contribution in [2.24, 2.45) is 0 Å². The molecule has 0 fully saturated rings. The van der Waals surface area contributed by atoms with Gasteiger partial charge in [-0.05, 0) is 12.8 Å². The van der Waals surface area contributed by atoms with Gasteiger partial charge in [-0.1, -0.05) is 168 Å². The van der Waals surface area contributed by atoms with Crippen LogP contribution in [-0.2, 0) is 28.2 Å². The Hall–Kier alpha value is 2.83. The van der Waals surface area contributed by atoms with Crippen LogP contribution >= 0.6 is 7.82 Å². The van der Waals surface area contributed by atoms with E-state index >= 15 is 0 Å². The molecule has 2 unspecified atom stereocenters. The van der Waals surface area contributed by atoms with Crippen molar-refractivity contribution in [2.45, 2.75) is 193 Å². The smallest absolute Gasteiger partial charge is 0.822 e. The molecule has 0 radical (unpaired) electrons. The molecule has 0 rings (SSSR count). The van der Waals surface area contributed by atoms with E-state index in [1.807, 2.05) is 0 Å². The molecule has 0 aliphatic rings. The fourth-order valence-corrected chi connectivity index (χ4v) is 6.08. The van der Waals surface area contributed by atoms with Crippen molar-refractivity contribution in [2.75, 3.05) is 66.1 Å². The Morgan fingerprint density at radius 2 is 0.655 bits per heavy atom. The maximum atomic E-state index is 8.95. The summed E-state index contributed by atoms with van der Waals surface area (Å²) in [6.07, 6.45) is 34.4. The van der Waals surface area contributed by atoms with Crippen LogP contribution in [0, 0.1) is 0 Å². The van der Waals surface area contributed by atoms with Gasteiger partial charge in [0, 0.05) is 0 Å². The van der Waals surface area contributed by atoms with Crippen LogP contribution in [0.2, 0.25) is 0 Å². The molecule has 0 spiro atoms. The molecule has 0 aliphatic carbocycles. The maximum Gasteiger partial charge on any atom is 1.00 e. The minimum atomic E-state index is -5.39. The number of hydrogen-bond donors (Lipinski definition) is 2. The predicted octanol–water partition coefficient (Wildman–Crippen LogP) is -1.84. The molecule has 2 atom stereocenters. The number of aliphatic hydroxyl groups is 2. The molecule has 0 amide bonds. The van der Waals surface area contributed by atoms with E-state index in [1.54, 1.807) is 0 Å². The molecule has 0 aromatic rings. The van der Waals surface area contributed by atoms with E-state index in [1.165, 1.54) is 141 Å². The van der Waals surface area contributed by atoms with Crippen molar-refractivity contribution in [3.05, 3.63) is 0 Å². The van der Waals surface area contributed by atoms with Gasteiger partial charge >= 0.3 is 88.7 Å². The van der Waals surface area contributed by atoms with Gasteiger partial charge in [0.05, 0.1) is 78.3 Å². The molecular weight excluding hydrogens is 756 g/mol. The van der Waals surface area contributed by atoms with E-state index in [2.05, 4.69) is 13.8 Å². The average molecular weight is 839 g/mol. The minimum Gasteiger partial charge on any atom is -0.822 e. The molecule has 0 aromatic heterocycles. The first-order chi connectivity index (χ1) is 25.3. The Bertz CT molecular complexity index is 661. The van der Waals surface area contributed by atoms with E-state index in [9.17, 15) is 0 Å². The number of ether oxygens (including phenoxy) is 5. The first-order valence-corrected chi connectivity index (χ1v) is 22.7. The van der Waals surface area contributed by atoms with Gasteiger partial charge in [-0.3, -0.25) is 0 Å². The Kier molecular flexibility index (Phi) is 69.1. The summed E-state index contributed by atoms with van der Waals surface area (Å²) in [7, 11) is -5.39. The number of unbranched alkanes of at least 4 members (excludes halogenated alkanes) is 22. The summed E-state index contributed by atoms with van der Waals surface area (Å²) >= 11 is 0. The zero-order chi connectivity index (χ0) is 38.6. The first-order valence-electron chi connectivity index (χ1n) is 21.2. The predicted molar refractivity (Wildman–Crippen MR) is 205 cm³/mol. The number of rotatable bonds is 42.